The molecule has 1 aliphatic rings. The summed E-state index contributed by atoms with van der Waals surface area (Å²) in [6.45, 7) is 36.1. The van der Waals surface area contributed by atoms with Crippen LogP contribution in [0.25, 0.3) is 0 Å². The van der Waals surface area contributed by atoms with Gasteiger partial charge in [0.1, 0.15) is 5.60 Å². The van der Waals surface area contributed by atoms with Gasteiger partial charge in [-0.25, -0.2) is 0 Å². The van der Waals surface area contributed by atoms with E-state index in [2.05, 4.69) is 132 Å². The second-order valence-corrected chi connectivity index (χ2v) is 21.4. The van der Waals surface area contributed by atoms with Crippen molar-refractivity contribution in [1.82, 2.24) is 0 Å². The van der Waals surface area contributed by atoms with Gasteiger partial charge in [-0.3, -0.25) is 4.79 Å². The average molecular weight is 899 g/mol. The lowest BCUT2D eigenvalue weighted by molar-refractivity contribution is -0.154. The van der Waals surface area contributed by atoms with Crippen LogP contribution >= 0.6 is 0 Å². The molecule has 2 nitrogen and oxygen atoms in total. The average Bonchev–Trinajstić information content (AvgIpc) is 3.23. The number of unbranched alkanes of at least 4 members (excludes halogenated alkanes) is 8. The highest BCUT2D eigenvalue weighted by molar-refractivity contribution is 5.69. The molecular formula is C64H98O2. The minimum atomic E-state index is -0.326. The molecule has 0 saturated carbocycles. The summed E-state index contributed by atoms with van der Waals surface area (Å²) in [5, 5.41) is 0. The smallest absolute Gasteiger partial charge is 0.306 e. The monoisotopic (exact) mass is 899 g/mol. The van der Waals surface area contributed by atoms with Gasteiger partial charge in [0.05, 0.1) is 0 Å². The largest absolute Gasteiger partial charge is 0.460 e. The summed E-state index contributed by atoms with van der Waals surface area (Å²) in [4.78, 5) is 10.6. The molecule has 0 amide bonds. The first kappa shape index (κ1) is 56.7. The van der Waals surface area contributed by atoms with Crippen molar-refractivity contribution in [2.24, 2.45) is 0 Å². The first-order valence-electron chi connectivity index (χ1n) is 26.6. The Morgan fingerprint density at radius 1 is 0.379 bits per heavy atom. The zero-order valence-electron chi connectivity index (χ0n) is 44.8. The number of fused-ring (bicyclic) bond motifs is 8. The van der Waals surface area contributed by atoms with Crippen LogP contribution in [0.2, 0.25) is 0 Å². The van der Waals surface area contributed by atoms with Crippen LogP contribution in [0.4, 0.5) is 0 Å². The highest BCUT2D eigenvalue weighted by Gasteiger charge is 2.30. The Balaban J connectivity index is 0.00000104. The molecule has 1 aliphatic carbocycles. The van der Waals surface area contributed by atoms with Gasteiger partial charge in [0, 0.05) is 30.1 Å². The second kappa shape index (κ2) is 26.8. The number of carbonyl (C=O) groups is 1. The van der Waals surface area contributed by atoms with Crippen molar-refractivity contribution < 1.29 is 9.53 Å². The van der Waals surface area contributed by atoms with E-state index in [-0.39, 0.29) is 19.0 Å². The maximum absolute atomic E-state index is 10.6. The van der Waals surface area contributed by atoms with Crippen LogP contribution in [-0.4, -0.2) is 11.6 Å². The van der Waals surface area contributed by atoms with E-state index in [0.717, 1.165) is 0 Å². The van der Waals surface area contributed by atoms with Crippen molar-refractivity contribution in [3.05, 3.63) is 138 Å². The molecule has 0 aromatic heterocycles. The Hall–Kier alpha value is -3.65. The van der Waals surface area contributed by atoms with Crippen molar-refractivity contribution in [3.63, 3.8) is 0 Å². The van der Waals surface area contributed by atoms with Gasteiger partial charge in [-0.15, -0.1) is 0 Å². The lowest BCUT2D eigenvalue weighted by Crippen LogP contribution is -2.23. The summed E-state index contributed by atoms with van der Waals surface area (Å²) in [5.41, 5.74) is 24.0. The first-order chi connectivity index (χ1) is 30.9. The molecule has 0 heterocycles. The maximum atomic E-state index is 10.6. The van der Waals surface area contributed by atoms with Gasteiger partial charge < -0.3 is 4.74 Å². The number of esters is 1. The van der Waals surface area contributed by atoms with E-state index in [9.17, 15) is 4.79 Å². The van der Waals surface area contributed by atoms with Crippen LogP contribution in [0, 0.1) is 55.4 Å². The molecule has 0 fully saturated rings. The third-order valence-corrected chi connectivity index (χ3v) is 14.7. The summed E-state index contributed by atoms with van der Waals surface area (Å²) in [5.74, 6) is 1.45. The van der Waals surface area contributed by atoms with Crippen LogP contribution in [-0.2, 0) is 9.53 Å². The van der Waals surface area contributed by atoms with E-state index in [4.69, 9.17) is 4.74 Å². The summed E-state index contributed by atoms with van der Waals surface area (Å²) in [6.07, 6.45) is 20.6. The predicted octanol–water partition coefficient (Wildman–Crippen LogP) is 19.7. The molecule has 2 heteroatoms. The van der Waals surface area contributed by atoms with E-state index in [1.807, 2.05) is 20.8 Å². The number of aryl methyl sites for hydroxylation is 8. The molecule has 0 unspecified atom stereocenters. The fourth-order valence-corrected chi connectivity index (χ4v) is 11.3. The van der Waals surface area contributed by atoms with Crippen LogP contribution in [0.15, 0.2) is 48.5 Å². The van der Waals surface area contributed by atoms with Crippen molar-refractivity contribution in [2.75, 3.05) is 0 Å². The molecule has 0 N–H and O–H groups in total. The summed E-state index contributed by atoms with van der Waals surface area (Å²) in [7, 11) is 0. The molecule has 4 aromatic carbocycles. The lowest BCUT2D eigenvalue weighted by atomic mass is 9.73. The van der Waals surface area contributed by atoms with E-state index in [0.29, 0.717) is 30.1 Å². The van der Waals surface area contributed by atoms with Gasteiger partial charge in [0.25, 0.3) is 0 Å². The Labute approximate surface area is 407 Å². The van der Waals surface area contributed by atoms with Gasteiger partial charge in [-0.05, 0) is 191 Å². The molecule has 5 rings (SSSR count). The van der Waals surface area contributed by atoms with Crippen molar-refractivity contribution in [2.45, 2.75) is 257 Å². The number of ether oxygens (including phenoxy) is 1. The summed E-state index contributed by atoms with van der Waals surface area (Å²) < 4.78 is 4.95. The van der Waals surface area contributed by atoms with E-state index in [1.165, 1.54) is 147 Å². The van der Waals surface area contributed by atoms with Gasteiger partial charge in [0.15, 0.2) is 0 Å². The summed E-state index contributed by atoms with van der Waals surface area (Å²) in [6, 6.07) is 21.2. The number of benzene rings is 4. The maximum Gasteiger partial charge on any atom is 0.306 e. The first-order valence-corrected chi connectivity index (χ1v) is 26.6. The predicted molar refractivity (Wildman–Crippen MR) is 290 cm³/mol. The third kappa shape index (κ3) is 14.9. The van der Waals surface area contributed by atoms with E-state index >= 15 is 0 Å². The number of carbonyl (C=O) groups excluding carboxylic acids is 1. The van der Waals surface area contributed by atoms with Crippen molar-refractivity contribution in [1.29, 1.82) is 0 Å². The van der Waals surface area contributed by atoms with Crippen LogP contribution < -0.4 is 0 Å². The van der Waals surface area contributed by atoms with E-state index < -0.39 is 0 Å². The standard InChI is InChI=1S/C56H80.C7H14O2.CH4/c1-13-17-21-25-45-49-33-51(39(7)29-37(49)5)46(26-22-18-14-2)53-35-55(43(11)31-41(53)9)48(28-24-20-16-4)56-36-54(42(10)32-44(56)12)47(27-23-19-15-3)52-34-50(45)38(6)30-40(52)8;1-5-6(8)9-7(2,3)4;/h29-36,45-48H,13-28H2,1-12H3;5H2,1-4H3;1H4. The molecule has 8 bridgehead atoms. The zero-order valence-corrected chi connectivity index (χ0v) is 44.8. The highest BCUT2D eigenvalue weighted by atomic mass is 16.6. The third-order valence-electron chi connectivity index (χ3n) is 14.7. The number of hydrogen-bond donors (Lipinski definition) is 0. The van der Waals surface area contributed by atoms with Gasteiger partial charge >= 0.3 is 5.97 Å². The van der Waals surface area contributed by atoms with Gasteiger partial charge in [-0.2, -0.15) is 0 Å². The van der Waals surface area contributed by atoms with Crippen molar-refractivity contribution in [3.8, 4) is 0 Å². The number of hydrogen-bond acceptors (Lipinski definition) is 2. The molecule has 0 atom stereocenters. The highest BCUT2D eigenvalue weighted by Crippen LogP contribution is 2.46. The molecule has 366 valence electrons. The Kier molecular flexibility index (Phi) is 23.0. The fourth-order valence-electron chi connectivity index (χ4n) is 11.3. The van der Waals surface area contributed by atoms with Crippen LogP contribution in [0.3, 0.4) is 0 Å². The minimum absolute atomic E-state index is 0. The van der Waals surface area contributed by atoms with Crippen LogP contribution in [0.1, 0.15) is 285 Å². The second-order valence-electron chi connectivity index (χ2n) is 21.4. The normalized spacial score (nSPS) is 16.8. The van der Waals surface area contributed by atoms with Crippen molar-refractivity contribution >= 4 is 5.97 Å². The molecule has 0 spiro atoms. The van der Waals surface area contributed by atoms with E-state index in [1.54, 1.807) is 51.4 Å². The van der Waals surface area contributed by atoms with Gasteiger partial charge in [0.2, 0.25) is 0 Å². The summed E-state index contributed by atoms with van der Waals surface area (Å²) >= 11 is 0. The Morgan fingerprint density at radius 3 is 0.712 bits per heavy atom. The Bertz CT molecular complexity index is 1760. The molecule has 0 saturated heterocycles. The minimum Gasteiger partial charge on any atom is -0.460 e. The number of rotatable bonds is 17. The molecule has 0 aliphatic heterocycles. The molecule has 0 radical (unpaired) electrons. The topological polar surface area (TPSA) is 26.3 Å². The van der Waals surface area contributed by atoms with Gasteiger partial charge in [-0.1, -0.05) is 168 Å². The molecule has 66 heavy (non-hydrogen) atoms. The SMILES string of the molecule is C.CCC(=O)OC(C)(C)C.CCCCCC1c2cc(c(C)cc2C)C(CCCCC)c2cc(c(C)cc2C)C(CCCCC)c2cc(c(C)cc2C)C(CCCCC)c2cc1c(C)cc2C. The Morgan fingerprint density at radius 2 is 0.576 bits per heavy atom. The fraction of sp³-hybridized carbons (Fsp3) is 0.609. The molecule has 4 aromatic rings. The molecular weight excluding hydrogens is 801 g/mol. The van der Waals surface area contributed by atoms with Crippen LogP contribution in [0.5, 0.6) is 0 Å². The quantitative estimate of drug-likeness (QED) is 0.0780. The zero-order chi connectivity index (χ0) is 48.0. The lowest BCUT2D eigenvalue weighted by Gasteiger charge is -2.32.